The monoisotopic (exact) mass is 1580 g/mol. The summed E-state index contributed by atoms with van der Waals surface area (Å²) in [6, 6.07) is 21.8. The Morgan fingerprint density at radius 2 is 0.841 bits per heavy atom. The molecule has 1 aliphatic carbocycles. The third-order valence-corrected chi connectivity index (χ3v) is 24.1. The van der Waals surface area contributed by atoms with Gasteiger partial charge >= 0.3 is 0 Å². The van der Waals surface area contributed by atoms with Crippen LogP contribution in [0.3, 0.4) is 0 Å². The number of fused-ring (bicyclic) bond motifs is 9. The molecule has 1 saturated carbocycles. The Morgan fingerprint density at radius 1 is 0.469 bits per heavy atom. The van der Waals surface area contributed by atoms with E-state index in [1.165, 1.54) is 58.0 Å². The van der Waals surface area contributed by atoms with Crippen molar-refractivity contribution in [3.05, 3.63) is 194 Å². The van der Waals surface area contributed by atoms with Crippen molar-refractivity contribution in [1.29, 1.82) is 0 Å². The highest BCUT2D eigenvalue weighted by atomic mass is 19.2. The zero-order chi connectivity index (χ0) is 79.9. The van der Waals surface area contributed by atoms with Crippen LogP contribution in [0.1, 0.15) is 169 Å². The minimum atomic E-state index is -1.67. The number of hydrogen-bond donors (Lipinski definition) is 3. The molecule has 6 atom stereocenters. The molecular formula is C88H103F12N9O4. The van der Waals surface area contributed by atoms with E-state index < -0.39 is 81.7 Å². The molecule has 7 aliphatic heterocycles. The summed E-state index contributed by atoms with van der Waals surface area (Å²) in [6.07, 6.45) is 7.51. The first-order chi connectivity index (χ1) is 53.8. The van der Waals surface area contributed by atoms with Gasteiger partial charge in [0.2, 0.25) is 0 Å². The molecule has 0 radical (unpaired) electrons. The van der Waals surface area contributed by atoms with Gasteiger partial charge in [-0.1, -0.05) is 63.1 Å². The lowest BCUT2D eigenvalue weighted by atomic mass is 9.86. The number of halogens is 12. The second-order valence-electron chi connectivity index (χ2n) is 34.6. The Balaban J connectivity index is 0.000000134. The molecule has 10 heterocycles. The maximum Gasteiger partial charge on any atom is 0.169 e. The van der Waals surface area contributed by atoms with Crippen LogP contribution in [-0.2, 0) is 24.0 Å². The smallest absolute Gasteiger partial charge is 0.169 e. The van der Waals surface area contributed by atoms with Crippen molar-refractivity contribution in [3.63, 3.8) is 0 Å². The number of benzene rings is 6. The van der Waals surface area contributed by atoms with E-state index in [1.807, 2.05) is 79.1 Å². The molecule has 9 aromatic rings. The van der Waals surface area contributed by atoms with E-state index in [0.29, 0.717) is 74.3 Å². The minimum absolute atomic E-state index is 0.00307. The summed E-state index contributed by atoms with van der Waals surface area (Å²) >= 11 is 0. The molecule has 17 rings (SSSR count). The van der Waals surface area contributed by atoms with E-state index in [-0.39, 0.29) is 121 Å². The van der Waals surface area contributed by atoms with E-state index in [2.05, 4.69) is 43.5 Å². The minimum Gasteiger partial charge on any atom is -0.488 e. The van der Waals surface area contributed by atoms with Crippen molar-refractivity contribution < 1.29 is 71.6 Å². The summed E-state index contributed by atoms with van der Waals surface area (Å²) in [4.78, 5) is 21.9. The number of H-pyrrole nitrogens is 3. The van der Waals surface area contributed by atoms with Gasteiger partial charge in [0.15, 0.2) is 5.67 Å². The van der Waals surface area contributed by atoms with E-state index >= 15 is 30.7 Å². The van der Waals surface area contributed by atoms with Crippen molar-refractivity contribution in [2.45, 2.75) is 192 Å². The standard InChI is InChI=1S/C30H35F4N3O.C29H34F5N3O.C29H34F3N3O2/c1-18-10-22-21-6-4-5-7-25(21)35-27(22)28(37(18)16-29(2,3)34)26-23(32)11-19(12-24(26)33)38-20-13-36(14-20)17-30(15-31)8-9-30;1-5-6-7-36-13-19(14-36)38-18-11-22(31)25(23(32)12-18)28-27-20(8-16(2)37(28)15-29(3,4)34)21-9-17(30)10-24(33)26(21)35-27;1-3-4-9-34-13-20(14-34)37-19-11-23(30)26(24(31)12-19)28-27-22(21-7-5-6-8-25(21)33-27)10-18(2)35(28)15-29(32)16-36-17-29/h4-7,11-12,18,20,28,35H,8-10,13-17H2,1-3H3;9-12,16,19,28,35H,5-8,13-15H2,1-4H3;5-8,11-12,18,20,28,33H,3-4,9-10,13-17H2,1-2H3/t18-,28-;16-,28-;18-,28-/m111/s1. The molecule has 3 N–H and O–H groups in total. The van der Waals surface area contributed by atoms with Gasteiger partial charge in [-0.3, -0.25) is 33.8 Å². The van der Waals surface area contributed by atoms with Crippen LogP contribution in [0.2, 0.25) is 0 Å². The maximum absolute atomic E-state index is 15.8. The number of ether oxygens (including phenoxy) is 4. The molecule has 0 amide bonds. The average Bonchev–Trinajstić information content (AvgIpc) is 1.64. The first-order valence-corrected chi connectivity index (χ1v) is 40.2. The second-order valence-corrected chi connectivity index (χ2v) is 34.6. The number of aromatic nitrogens is 3. The lowest BCUT2D eigenvalue weighted by Gasteiger charge is -2.46. The van der Waals surface area contributed by atoms with Crippen LogP contribution in [-0.4, -0.2) is 196 Å². The number of nitrogens with one attached hydrogen (secondary N) is 3. The van der Waals surface area contributed by atoms with Crippen molar-refractivity contribution in [3.8, 4) is 17.2 Å². The number of hydrogen-bond acceptors (Lipinski definition) is 10. The molecule has 8 aliphatic rings. The van der Waals surface area contributed by atoms with Gasteiger partial charge in [0.25, 0.3) is 0 Å². The predicted octanol–water partition coefficient (Wildman–Crippen LogP) is 18.4. The van der Waals surface area contributed by atoms with Gasteiger partial charge in [-0.15, -0.1) is 0 Å². The normalized spacial score (nSPS) is 23.0. The topological polar surface area (TPSA) is 104 Å². The van der Waals surface area contributed by atoms with E-state index in [9.17, 15) is 22.0 Å². The van der Waals surface area contributed by atoms with Gasteiger partial charge in [-0.05, 0) is 141 Å². The fourth-order valence-corrected chi connectivity index (χ4v) is 18.2. The highest BCUT2D eigenvalue weighted by molar-refractivity contribution is 5.88. The first kappa shape index (κ1) is 80.4. The third kappa shape index (κ3) is 16.9. The van der Waals surface area contributed by atoms with Crippen molar-refractivity contribution in [2.75, 3.05) is 98.4 Å². The molecule has 25 heteroatoms. The summed E-state index contributed by atoms with van der Waals surface area (Å²) < 4.78 is 205. The Hall–Kier alpha value is -7.78. The molecule has 13 nitrogen and oxygen atoms in total. The first-order valence-electron chi connectivity index (χ1n) is 40.2. The number of alkyl halides is 4. The quantitative estimate of drug-likeness (QED) is 0.0507. The zero-order valence-corrected chi connectivity index (χ0v) is 65.8. The van der Waals surface area contributed by atoms with Crippen LogP contribution in [0.15, 0.2) is 97.1 Å². The number of nitrogens with zero attached hydrogens (tertiary/aromatic N) is 6. The molecule has 3 aromatic heterocycles. The molecule has 0 spiro atoms. The number of likely N-dealkylation sites (tertiary alicyclic amines) is 3. The number of unbranched alkanes of at least 4 members (excludes halogenated alkanes) is 2. The van der Waals surface area contributed by atoms with Crippen LogP contribution < -0.4 is 14.2 Å². The molecule has 608 valence electrons. The summed E-state index contributed by atoms with van der Waals surface area (Å²) in [5.74, 6) is -5.56. The zero-order valence-electron chi connectivity index (χ0n) is 65.8. The Morgan fingerprint density at radius 3 is 1.21 bits per heavy atom. The summed E-state index contributed by atoms with van der Waals surface area (Å²) in [7, 11) is 0. The van der Waals surface area contributed by atoms with Gasteiger partial charge in [0, 0.05) is 192 Å². The Bertz CT molecular complexity index is 4840. The average molecular weight is 1580 g/mol. The Kier molecular flexibility index (Phi) is 22.8. The molecular weight excluding hydrogens is 1480 g/mol. The predicted molar refractivity (Wildman–Crippen MR) is 414 cm³/mol. The Labute approximate surface area is 652 Å². The van der Waals surface area contributed by atoms with Gasteiger partial charge in [0.1, 0.15) is 93.4 Å². The molecule has 0 unspecified atom stereocenters. The maximum atomic E-state index is 15.8. The van der Waals surface area contributed by atoms with Crippen LogP contribution in [0.4, 0.5) is 52.7 Å². The van der Waals surface area contributed by atoms with E-state index in [0.717, 1.165) is 122 Å². The highest BCUT2D eigenvalue weighted by Crippen LogP contribution is 2.50. The number of rotatable bonds is 24. The summed E-state index contributed by atoms with van der Waals surface area (Å²) in [6.45, 7) is 22.3. The molecule has 0 bridgehead atoms. The molecule has 6 aromatic carbocycles. The van der Waals surface area contributed by atoms with Crippen molar-refractivity contribution in [1.82, 2.24) is 44.4 Å². The molecule has 4 saturated heterocycles. The molecule has 5 fully saturated rings. The van der Waals surface area contributed by atoms with Crippen LogP contribution in [0, 0.1) is 52.0 Å². The fourth-order valence-electron chi connectivity index (χ4n) is 18.2. The summed E-state index contributed by atoms with van der Waals surface area (Å²) in [5.41, 5.74) is 0.856. The van der Waals surface area contributed by atoms with Crippen molar-refractivity contribution in [2.24, 2.45) is 5.41 Å². The lowest BCUT2D eigenvalue weighted by molar-refractivity contribution is -0.148. The lowest BCUT2D eigenvalue weighted by Crippen LogP contribution is -2.57. The second kappa shape index (κ2) is 32.0. The fraction of sp³-hybridized carbons (Fsp3) is 0.523. The largest absolute Gasteiger partial charge is 0.488 e. The van der Waals surface area contributed by atoms with E-state index in [1.54, 1.807) is 4.90 Å². The SMILES string of the molecule is CCCCN1CC(Oc2cc(F)c([C@@H]3c4[nH]c5c(F)cc(F)cc5c4C[C@@H](C)N3CC(C)(C)F)c(F)c2)C1.CCCCN1CC(Oc2cc(F)c([C@@H]3c4[nH]c5ccccc5c4C[C@@H](C)N3CC3(F)COC3)c(F)c2)C1.C[C@@H]1Cc2c([nH]c3ccccc23)[C@@H](c2c(F)cc(OC3CN(CC4(CF)CC4)C3)cc2F)N1CC(C)(C)F. The van der Waals surface area contributed by atoms with Gasteiger partial charge in [-0.2, -0.15) is 0 Å². The number of para-hydroxylation sites is 2. The van der Waals surface area contributed by atoms with E-state index in [4.69, 9.17) is 18.9 Å². The third-order valence-electron chi connectivity index (χ3n) is 24.1. The van der Waals surface area contributed by atoms with Crippen LogP contribution >= 0.6 is 0 Å². The summed E-state index contributed by atoms with van der Waals surface area (Å²) in [5, 5.41) is 2.38. The van der Waals surface area contributed by atoms with Gasteiger partial charge < -0.3 is 33.9 Å². The number of aromatic amines is 3. The van der Waals surface area contributed by atoms with Crippen LogP contribution in [0.5, 0.6) is 17.2 Å². The van der Waals surface area contributed by atoms with Gasteiger partial charge in [-0.25, -0.2) is 48.3 Å². The highest BCUT2D eigenvalue weighted by Gasteiger charge is 2.50. The van der Waals surface area contributed by atoms with Crippen LogP contribution in [0.25, 0.3) is 32.7 Å². The van der Waals surface area contributed by atoms with Gasteiger partial charge in [0.05, 0.1) is 43.5 Å². The van der Waals surface area contributed by atoms with Crippen molar-refractivity contribution >= 4 is 32.7 Å². The molecule has 113 heavy (non-hydrogen) atoms.